The van der Waals surface area contributed by atoms with Gasteiger partial charge in [-0.25, -0.2) is 0 Å². The van der Waals surface area contributed by atoms with Crippen molar-refractivity contribution in [1.82, 2.24) is 10.6 Å². The van der Waals surface area contributed by atoms with Gasteiger partial charge in [0, 0.05) is 19.1 Å². The lowest BCUT2D eigenvalue weighted by molar-refractivity contribution is 0.547. The van der Waals surface area contributed by atoms with Crippen molar-refractivity contribution in [3.8, 4) is 6.07 Å². The van der Waals surface area contributed by atoms with Crippen LogP contribution in [0.25, 0.3) is 0 Å². The SMILES string of the molecule is N#Cc1ccc(CNC2CCNC2)cc1. The first-order valence-electron chi connectivity index (χ1n) is 5.31. The standard InChI is InChI=1S/C12H15N3/c13-7-10-1-3-11(4-2-10)8-15-12-5-6-14-9-12/h1-4,12,14-15H,5-6,8-9H2. The summed E-state index contributed by atoms with van der Waals surface area (Å²) >= 11 is 0. The van der Waals surface area contributed by atoms with E-state index < -0.39 is 0 Å². The predicted octanol–water partition coefficient (Wildman–Crippen LogP) is 1.01. The van der Waals surface area contributed by atoms with Gasteiger partial charge in [-0.2, -0.15) is 5.26 Å². The molecule has 3 heteroatoms. The normalized spacial score (nSPS) is 20.1. The van der Waals surface area contributed by atoms with Crippen molar-refractivity contribution in [3.05, 3.63) is 35.4 Å². The molecule has 0 saturated carbocycles. The second-order valence-corrected chi connectivity index (χ2v) is 3.88. The Balaban J connectivity index is 1.85. The van der Waals surface area contributed by atoms with Gasteiger partial charge in [0.1, 0.15) is 0 Å². The Morgan fingerprint density at radius 2 is 2.20 bits per heavy atom. The number of nitrogens with zero attached hydrogens (tertiary/aromatic N) is 1. The molecule has 1 heterocycles. The van der Waals surface area contributed by atoms with Crippen LogP contribution in [0.1, 0.15) is 17.5 Å². The molecule has 15 heavy (non-hydrogen) atoms. The maximum atomic E-state index is 8.66. The molecule has 1 unspecified atom stereocenters. The van der Waals surface area contributed by atoms with E-state index in [-0.39, 0.29) is 0 Å². The van der Waals surface area contributed by atoms with Gasteiger partial charge in [-0.1, -0.05) is 12.1 Å². The van der Waals surface area contributed by atoms with Gasteiger partial charge < -0.3 is 10.6 Å². The topological polar surface area (TPSA) is 47.9 Å². The Labute approximate surface area is 90.1 Å². The van der Waals surface area contributed by atoms with Crippen molar-refractivity contribution >= 4 is 0 Å². The quantitative estimate of drug-likeness (QED) is 0.767. The van der Waals surface area contributed by atoms with E-state index in [0.29, 0.717) is 6.04 Å². The highest BCUT2D eigenvalue weighted by Crippen LogP contribution is 2.04. The summed E-state index contributed by atoms with van der Waals surface area (Å²) in [5.74, 6) is 0. The average molecular weight is 201 g/mol. The first-order valence-corrected chi connectivity index (χ1v) is 5.31. The maximum Gasteiger partial charge on any atom is 0.0991 e. The van der Waals surface area contributed by atoms with Crippen LogP contribution in [0.3, 0.4) is 0 Å². The van der Waals surface area contributed by atoms with Crippen LogP contribution in [-0.4, -0.2) is 19.1 Å². The molecule has 0 aromatic heterocycles. The smallest absolute Gasteiger partial charge is 0.0991 e. The van der Waals surface area contributed by atoms with Crippen LogP contribution in [0.15, 0.2) is 24.3 Å². The summed E-state index contributed by atoms with van der Waals surface area (Å²) in [5, 5.41) is 15.5. The van der Waals surface area contributed by atoms with Crippen LogP contribution in [0.4, 0.5) is 0 Å². The van der Waals surface area contributed by atoms with Crippen LogP contribution >= 0.6 is 0 Å². The van der Waals surface area contributed by atoms with Crippen LogP contribution in [0.2, 0.25) is 0 Å². The van der Waals surface area contributed by atoms with E-state index in [1.54, 1.807) is 0 Å². The Morgan fingerprint density at radius 3 is 2.80 bits per heavy atom. The summed E-state index contributed by atoms with van der Waals surface area (Å²) in [6, 6.07) is 10.5. The lowest BCUT2D eigenvalue weighted by atomic mass is 10.1. The molecule has 1 aliphatic rings. The third kappa shape index (κ3) is 2.79. The first kappa shape index (κ1) is 10.2. The summed E-state index contributed by atoms with van der Waals surface area (Å²) in [4.78, 5) is 0. The number of nitrogens with one attached hydrogen (secondary N) is 2. The van der Waals surface area contributed by atoms with Gasteiger partial charge in [0.05, 0.1) is 11.6 Å². The molecule has 0 spiro atoms. The summed E-state index contributed by atoms with van der Waals surface area (Å²) in [6.45, 7) is 3.07. The zero-order chi connectivity index (χ0) is 10.5. The molecule has 3 nitrogen and oxygen atoms in total. The third-order valence-corrected chi connectivity index (χ3v) is 2.74. The molecule has 1 saturated heterocycles. The van der Waals surface area contributed by atoms with Crippen molar-refractivity contribution in [2.24, 2.45) is 0 Å². The molecule has 1 aromatic carbocycles. The van der Waals surface area contributed by atoms with Crippen LogP contribution in [-0.2, 0) is 6.54 Å². The van der Waals surface area contributed by atoms with Gasteiger partial charge in [-0.3, -0.25) is 0 Å². The number of hydrogen-bond acceptors (Lipinski definition) is 3. The minimum Gasteiger partial charge on any atom is -0.315 e. The minimum atomic E-state index is 0.598. The highest BCUT2D eigenvalue weighted by molar-refractivity contribution is 5.31. The second-order valence-electron chi connectivity index (χ2n) is 3.88. The molecule has 1 aliphatic heterocycles. The molecule has 1 atom stereocenters. The lowest BCUT2D eigenvalue weighted by Gasteiger charge is -2.10. The zero-order valence-corrected chi connectivity index (χ0v) is 8.66. The van der Waals surface area contributed by atoms with E-state index in [9.17, 15) is 0 Å². The van der Waals surface area contributed by atoms with E-state index in [1.807, 2.05) is 24.3 Å². The maximum absolute atomic E-state index is 8.66. The van der Waals surface area contributed by atoms with E-state index in [0.717, 1.165) is 25.2 Å². The van der Waals surface area contributed by atoms with E-state index >= 15 is 0 Å². The lowest BCUT2D eigenvalue weighted by Crippen LogP contribution is -2.30. The van der Waals surface area contributed by atoms with Crippen molar-refractivity contribution in [1.29, 1.82) is 5.26 Å². The van der Waals surface area contributed by atoms with E-state index in [4.69, 9.17) is 5.26 Å². The van der Waals surface area contributed by atoms with Gasteiger partial charge in [-0.05, 0) is 30.7 Å². The van der Waals surface area contributed by atoms with Crippen molar-refractivity contribution < 1.29 is 0 Å². The zero-order valence-electron chi connectivity index (χ0n) is 8.66. The van der Waals surface area contributed by atoms with Crippen molar-refractivity contribution in [2.75, 3.05) is 13.1 Å². The van der Waals surface area contributed by atoms with Gasteiger partial charge in [0.2, 0.25) is 0 Å². The van der Waals surface area contributed by atoms with E-state index in [1.165, 1.54) is 12.0 Å². The Hall–Kier alpha value is -1.37. The highest BCUT2D eigenvalue weighted by atomic mass is 15.0. The number of benzene rings is 1. The van der Waals surface area contributed by atoms with Crippen LogP contribution in [0, 0.1) is 11.3 Å². The molecule has 1 aromatic rings. The number of hydrogen-bond donors (Lipinski definition) is 2. The monoisotopic (exact) mass is 201 g/mol. The first-order chi connectivity index (χ1) is 7.38. The van der Waals surface area contributed by atoms with Crippen molar-refractivity contribution in [2.45, 2.75) is 19.0 Å². The molecule has 0 bridgehead atoms. The highest BCUT2D eigenvalue weighted by Gasteiger charge is 2.12. The fourth-order valence-electron chi connectivity index (χ4n) is 1.79. The predicted molar refractivity (Wildman–Crippen MR) is 59.3 cm³/mol. The van der Waals surface area contributed by atoms with Crippen molar-refractivity contribution in [3.63, 3.8) is 0 Å². The van der Waals surface area contributed by atoms with E-state index in [2.05, 4.69) is 16.7 Å². The summed E-state index contributed by atoms with van der Waals surface area (Å²) in [5.41, 5.74) is 1.96. The van der Waals surface area contributed by atoms with Gasteiger partial charge in [0.25, 0.3) is 0 Å². The largest absolute Gasteiger partial charge is 0.315 e. The molecule has 0 amide bonds. The van der Waals surface area contributed by atoms with Crippen LogP contribution in [0.5, 0.6) is 0 Å². The Bertz CT molecular complexity index is 344. The molecular weight excluding hydrogens is 186 g/mol. The summed E-state index contributed by atoms with van der Waals surface area (Å²) < 4.78 is 0. The minimum absolute atomic E-state index is 0.598. The average Bonchev–Trinajstić information content (AvgIpc) is 2.80. The summed E-state index contributed by atoms with van der Waals surface area (Å²) in [7, 11) is 0. The van der Waals surface area contributed by atoms with Gasteiger partial charge >= 0.3 is 0 Å². The third-order valence-electron chi connectivity index (χ3n) is 2.74. The van der Waals surface area contributed by atoms with Gasteiger partial charge in [0.15, 0.2) is 0 Å². The molecule has 0 radical (unpaired) electrons. The molecule has 2 rings (SSSR count). The molecule has 0 aliphatic carbocycles. The summed E-state index contributed by atoms with van der Waals surface area (Å²) in [6.07, 6.45) is 1.20. The van der Waals surface area contributed by atoms with Gasteiger partial charge in [-0.15, -0.1) is 0 Å². The molecule has 1 fully saturated rings. The molecular formula is C12H15N3. The Morgan fingerprint density at radius 1 is 1.40 bits per heavy atom. The van der Waals surface area contributed by atoms with Crippen LogP contribution < -0.4 is 10.6 Å². The number of rotatable bonds is 3. The fourth-order valence-corrected chi connectivity index (χ4v) is 1.79. The molecule has 78 valence electrons. The number of nitriles is 1. The molecule has 2 N–H and O–H groups in total. The Kier molecular flexibility index (Phi) is 3.33. The second kappa shape index (κ2) is 4.92. The fraction of sp³-hybridized carbons (Fsp3) is 0.417.